The second kappa shape index (κ2) is 9.47. The summed E-state index contributed by atoms with van der Waals surface area (Å²) in [6.07, 6.45) is 0.646. The lowest BCUT2D eigenvalue weighted by Gasteiger charge is -2.36. The summed E-state index contributed by atoms with van der Waals surface area (Å²) in [5, 5.41) is 3.31. The average molecular weight is 452 g/mol. The highest BCUT2D eigenvalue weighted by molar-refractivity contribution is 6.30. The molecule has 8 heteroatoms. The molecule has 1 aromatic rings. The number of hydrogen-bond acceptors (Lipinski definition) is 4. The van der Waals surface area contributed by atoms with Crippen LogP contribution >= 0.6 is 11.6 Å². The van der Waals surface area contributed by atoms with Crippen LogP contribution in [0.1, 0.15) is 54.4 Å². The van der Waals surface area contributed by atoms with Gasteiger partial charge < -0.3 is 19.9 Å². The number of nitrogens with zero attached hydrogens (tertiary/aromatic N) is 2. The van der Waals surface area contributed by atoms with Crippen molar-refractivity contribution < 1.29 is 19.1 Å². The number of rotatable bonds is 4. The highest BCUT2D eigenvalue weighted by Gasteiger charge is 2.43. The first kappa shape index (κ1) is 25.0. The molecule has 1 N–H and O–H groups in total. The maximum Gasteiger partial charge on any atom is 0.408 e. The van der Waals surface area contributed by atoms with Gasteiger partial charge in [0.05, 0.1) is 0 Å². The minimum absolute atomic E-state index is 0.168. The molecule has 0 unspecified atom stereocenters. The molecule has 2 atom stereocenters. The first-order chi connectivity index (χ1) is 14.2. The number of nitrogens with one attached hydrogen (secondary N) is 1. The predicted octanol–water partition coefficient (Wildman–Crippen LogP) is 4.23. The predicted molar refractivity (Wildman–Crippen MR) is 122 cm³/mol. The molecular formula is C23H34ClN3O4. The van der Waals surface area contributed by atoms with Gasteiger partial charge in [-0.15, -0.1) is 0 Å². The Hall–Kier alpha value is -2.28. The summed E-state index contributed by atoms with van der Waals surface area (Å²) in [6.45, 7) is 11.4. The Bertz CT molecular complexity index is 812. The Morgan fingerprint density at radius 3 is 2.23 bits per heavy atom. The van der Waals surface area contributed by atoms with Crippen molar-refractivity contribution in [3.8, 4) is 0 Å². The summed E-state index contributed by atoms with van der Waals surface area (Å²) in [5.41, 5.74) is -0.539. The largest absolute Gasteiger partial charge is 0.444 e. The molecule has 1 aromatic carbocycles. The molecule has 1 aliphatic rings. The molecule has 0 spiro atoms. The van der Waals surface area contributed by atoms with Crippen LogP contribution in [-0.2, 0) is 14.3 Å². The van der Waals surface area contributed by atoms with E-state index in [1.54, 1.807) is 61.9 Å². The van der Waals surface area contributed by atoms with Crippen molar-refractivity contribution in [1.29, 1.82) is 0 Å². The van der Waals surface area contributed by atoms with Crippen LogP contribution in [0.3, 0.4) is 0 Å². The van der Waals surface area contributed by atoms with Crippen molar-refractivity contribution in [3.63, 3.8) is 0 Å². The van der Waals surface area contributed by atoms with Crippen molar-refractivity contribution in [2.45, 2.75) is 72.1 Å². The number of anilines is 1. The minimum Gasteiger partial charge on any atom is -0.444 e. The smallest absolute Gasteiger partial charge is 0.408 e. The van der Waals surface area contributed by atoms with Gasteiger partial charge in [-0.2, -0.15) is 0 Å². The number of alkyl carbamates (subject to hydrolysis) is 1. The van der Waals surface area contributed by atoms with E-state index in [1.807, 2.05) is 20.8 Å². The van der Waals surface area contributed by atoms with E-state index in [0.29, 0.717) is 23.7 Å². The van der Waals surface area contributed by atoms with Gasteiger partial charge in [0.15, 0.2) is 0 Å². The van der Waals surface area contributed by atoms with Crippen LogP contribution in [0, 0.1) is 5.41 Å². The minimum atomic E-state index is -0.823. The third kappa shape index (κ3) is 6.60. The van der Waals surface area contributed by atoms with Crippen molar-refractivity contribution >= 4 is 35.2 Å². The van der Waals surface area contributed by atoms with E-state index in [-0.39, 0.29) is 11.8 Å². The fraction of sp³-hybridized carbons (Fsp3) is 0.609. The summed E-state index contributed by atoms with van der Waals surface area (Å²) < 4.78 is 5.35. The number of carbonyl (C=O) groups is 3. The molecule has 172 valence electrons. The van der Waals surface area contributed by atoms with Gasteiger partial charge in [-0.05, 0) is 63.3 Å². The Balaban J connectivity index is 2.20. The Labute approximate surface area is 190 Å². The zero-order valence-electron chi connectivity index (χ0n) is 19.5. The molecule has 0 bridgehead atoms. The zero-order valence-corrected chi connectivity index (χ0v) is 20.2. The second-order valence-corrected chi connectivity index (χ2v) is 10.4. The molecule has 1 saturated heterocycles. The highest BCUT2D eigenvalue weighted by atomic mass is 35.5. The van der Waals surface area contributed by atoms with E-state index in [0.717, 1.165) is 6.42 Å². The van der Waals surface area contributed by atoms with Crippen molar-refractivity contribution in [1.82, 2.24) is 10.2 Å². The molecule has 1 heterocycles. The molecule has 7 nitrogen and oxygen atoms in total. The lowest BCUT2D eigenvalue weighted by molar-refractivity contribution is -0.141. The van der Waals surface area contributed by atoms with Crippen LogP contribution in [0.25, 0.3) is 0 Å². The number of halogens is 1. The van der Waals surface area contributed by atoms with Gasteiger partial charge in [0.1, 0.15) is 17.7 Å². The number of ether oxygens (including phenoxy) is 1. The first-order valence-corrected chi connectivity index (χ1v) is 10.9. The molecule has 0 aliphatic carbocycles. The zero-order chi connectivity index (χ0) is 23.6. The summed E-state index contributed by atoms with van der Waals surface area (Å²) in [6, 6.07) is 5.57. The van der Waals surface area contributed by atoms with Crippen LogP contribution in [0.5, 0.6) is 0 Å². The van der Waals surface area contributed by atoms with Gasteiger partial charge in [0, 0.05) is 24.3 Å². The van der Waals surface area contributed by atoms with Crippen molar-refractivity contribution in [3.05, 3.63) is 29.3 Å². The number of likely N-dealkylation sites (tertiary alicyclic amines) is 1. The molecule has 0 radical (unpaired) electrons. The Kier molecular flexibility index (Phi) is 7.63. The van der Waals surface area contributed by atoms with E-state index < -0.39 is 29.2 Å². The van der Waals surface area contributed by atoms with E-state index in [4.69, 9.17) is 16.3 Å². The summed E-state index contributed by atoms with van der Waals surface area (Å²) >= 11 is 5.95. The van der Waals surface area contributed by atoms with Gasteiger partial charge in [0.2, 0.25) is 11.8 Å². The molecule has 0 aromatic heterocycles. The van der Waals surface area contributed by atoms with Crippen LogP contribution < -0.4 is 10.2 Å². The monoisotopic (exact) mass is 451 g/mol. The number of benzene rings is 1. The first-order valence-electron chi connectivity index (χ1n) is 10.5. The summed E-state index contributed by atoms with van der Waals surface area (Å²) in [5.74, 6) is -0.447. The number of likely N-dealkylation sites (N-methyl/N-ethyl adjacent to an activating group) is 1. The Morgan fingerprint density at radius 1 is 1.13 bits per heavy atom. The lowest BCUT2D eigenvalue weighted by atomic mass is 9.85. The van der Waals surface area contributed by atoms with Crippen LogP contribution in [0.15, 0.2) is 24.3 Å². The fourth-order valence-corrected chi connectivity index (χ4v) is 3.67. The van der Waals surface area contributed by atoms with Crippen molar-refractivity contribution in [2.24, 2.45) is 5.41 Å². The van der Waals surface area contributed by atoms with Gasteiger partial charge >= 0.3 is 6.09 Å². The maximum atomic E-state index is 13.5. The van der Waals surface area contributed by atoms with Crippen molar-refractivity contribution in [2.75, 3.05) is 18.5 Å². The van der Waals surface area contributed by atoms with Gasteiger partial charge in [-0.3, -0.25) is 9.59 Å². The molecule has 1 fully saturated rings. The average Bonchev–Trinajstić information content (AvgIpc) is 3.12. The quantitative estimate of drug-likeness (QED) is 0.742. The standard InChI is InChI=1S/C23H34ClN3O4/c1-22(2,3)18(25-21(30)31-23(4,5)6)20(29)27-14-8-9-17(27)19(28)26(7)16-12-10-15(24)11-13-16/h10-13,17-18H,8-9,14H2,1-7H3,(H,25,30)/t17-,18+/m0/s1. The summed E-state index contributed by atoms with van der Waals surface area (Å²) in [4.78, 5) is 42.2. The van der Waals surface area contributed by atoms with Gasteiger partial charge in [-0.1, -0.05) is 32.4 Å². The van der Waals surface area contributed by atoms with Gasteiger partial charge in [0.25, 0.3) is 0 Å². The molecule has 0 saturated carbocycles. The third-order valence-electron chi connectivity index (χ3n) is 5.14. The molecule has 31 heavy (non-hydrogen) atoms. The number of amides is 3. The second-order valence-electron chi connectivity index (χ2n) is 10.0. The van der Waals surface area contributed by atoms with E-state index in [9.17, 15) is 14.4 Å². The SMILES string of the molecule is CN(C(=O)[C@@H]1CCCN1C(=O)[C@@H](NC(=O)OC(C)(C)C)C(C)(C)C)c1ccc(Cl)cc1. The van der Waals surface area contributed by atoms with Crippen LogP contribution in [0.4, 0.5) is 10.5 Å². The molecule has 2 rings (SSSR count). The molecule has 3 amide bonds. The van der Waals surface area contributed by atoms with E-state index >= 15 is 0 Å². The van der Waals surface area contributed by atoms with E-state index in [2.05, 4.69) is 5.32 Å². The summed E-state index contributed by atoms with van der Waals surface area (Å²) in [7, 11) is 1.69. The number of hydrogen-bond donors (Lipinski definition) is 1. The van der Waals surface area contributed by atoms with E-state index in [1.165, 1.54) is 0 Å². The normalized spacial score (nSPS) is 17.8. The molecular weight excluding hydrogens is 418 g/mol. The topological polar surface area (TPSA) is 79.0 Å². The van der Waals surface area contributed by atoms with Gasteiger partial charge in [-0.25, -0.2) is 4.79 Å². The number of carbonyl (C=O) groups excluding carboxylic acids is 3. The highest BCUT2D eigenvalue weighted by Crippen LogP contribution is 2.28. The lowest BCUT2D eigenvalue weighted by Crippen LogP contribution is -2.58. The maximum absolute atomic E-state index is 13.5. The Morgan fingerprint density at radius 2 is 1.71 bits per heavy atom. The third-order valence-corrected chi connectivity index (χ3v) is 5.39. The molecule has 1 aliphatic heterocycles. The van der Waals surface area contributed by atoms with Crippen LogP contribution in [0.2, 0.25) is 5.02 Å². The fourth-order valence-electron chi connectivity index (χ4n) is 3.54. The van der Waals surface area contributed by atoms with Crippen LogP contribution in [-0.4, -0.2) is 54.1 Å².